The lowest BCUT2D eigenvalue weighted by Gasteiger charge is -2.35. The number of nitrogen functional groups attached to an aromatic ring is 2. The van der Waals surface area contributed by atoms with Crippen LogP contribution in [0.15, 0.2) is 24.4 Å². The first-order valence-corrected chi connectivity index (χ1v) is 11.1. The van der Waals surface area contributed by atoms with E-state index in [2.05, 4.69) is 38.8 Å². The van der Waals surface area contributed by atoms with Gasteiger partial charge in [0.25, 0.3) is 0 Å². The van der Waals surface area contributed by atoms with E-state index in [1.807, 2.05) is 32.0 Å². The molecule has 174 valence electrons. The highest BCUT2D eigenvalue weighted by atomic mass is 16.2. The quantitative estimate of drug-likeness (QED) is 0.436. The number of nitrogens with one attached hydrogen (secondary N) is 1. The van der Waals surface area contributed by atoms with Crippen molar-refractivity contribution >= 4 is 34.4 Å². The van der Waals surface area contributed by atoms with Crippen molar-refractivity contribution in [2.45, 2.75) is 53.0 Å². The Morgan fingerprint density at radius 2 is 1.88 bits per heavy atom. The first kappa shape index (κ1) is 22.5. The number of nitrogens with two attached hydrogens (primary N) is 2. The number of pyridine rings is 1. The molecule has 0 aromatic carbocycles. The number of hydrogen-bond acceptors (Lipinski definition) is 7. The second-order valence-electron chi connectivity index (χ2n) is 9.03. The van der Waals surface area contributed by atoms with E-state index in [4.69, 9.17) is 16.5 Å². The van der Waals surface area contributed by atoms with E-state index in [-0.39, 0.29) is 23.3 Å². The van der Waals surface area contributed by atoms with Crippen LogP contribution in [0.1, 0.15) is 51.9 Å². The Morgan fingerprint density at radius 3 is 2.45 bits per heavy atom. The maximum atomic E-state index is 11.0. The molecule has 1 aliphatic carbocycles. The number of carbonyl (C=O) groups is 1. The molecular weight excluding hydrogens is 418 g/mol. The monoisotopic (exact) mass is 449 g/mol. The standard InChI is InChI=1S/C16H18N8.C7H13NO/c1-8(2)24-9(3)19-12-5-4-11(20-15(12)24)10-6-7-23-13(10)14(17)21-16(18)22-23;1-7(4-3-5-7)6(9)8-2/h4-8H,1-3H3,(H4,17,18,21,22);3-5H2,1-2H3,(H,8,9). The number of aryl methyl sites for hydroxylation is 1. The average molecular weight is 450 g/mol. The summed E-state index contributed by atoms with van der Waals surface area (Å²) in [6.07, 6.45) is 5.14. The Labute approximate surface area is 192 Å². The largest absolute Gasteiger partial charge is 0.382 e. The van der Waals surface area contributed by atoms with Crippen molar-refractivity contribution in [3.8, 4) is 11.3 Å². The van der Waals surface area contributed by atoms with Gasteiger partial charge in [-0.15, -0.1) is 5.10 Å². The summed E-state index contributed by atoms with van der Waals surface area (Å²) >= 11 is 0. The molecular formula is C23H31N9O. The summed E-state index contributed by atoms with van der Waals surface area (Å²) in [5, 5.41) is 6.82. The number of carbonyl (C=O) groups excluding carboxylic acids is 1. The van der Waals surface area contributed by atoms with E-state index in [0.717, 1.165) is 41.1 Å². The number of imidazole rings is 1. The molecule has 1 aliphatic rings. The predicted molar refractivity (Wildman–Crippen MR) is 129 cm³/mol. The number of hydrogen-bond donors (Lipinski definition) is 3. The Morgan fingerprint density at radius 1 is 1.15 bits per heavy atom. The highest BCUT2D eigenvalue weighted by Crippen LogP contribution is 2.40. The van der Waals surface area contributed by atoms with E-state index in [1.165, 1.54) is 6.42 Å². The van der Waals surface area contributed by atoms with Crippen LogP contribution in [0.4, 0.5) is 11.8 Å². The van der Waals surface area contributed by atoms with E-state index < -0.39 is 0 Å². The molecule has 10 nitrogen and oxygen atoms in total. The van der Waals surface area contributed by atoms with Gasteiger partial charge in [-0.25, -0.2) is 14.5 Å². The fraction of sp³-hybridized carbons (Fsp3) is 0.435. The van der Waals surface area contributed by atoms with Crippen molar-refractivity contribution in [1.82, 2.24) is 34.4 Å². The Bertz CT molecular complexity index is 1330. The van der Waals surface area contributed by atoms with Gasteiger partial charge >= 0.3 is 0 Å². The maximum absolute atomic E-state index is 11.0. The van der Waals surface area contributed by atoms with Crippen LogP contribution in [0, 0.1) is 12.3 Å². The van der Waals surface area contributed by atoms with Crippen molar-refractivity contribution in [1.29, 1.82) is 0 Å². The Kier molecular flexibility index (Phi) is 5.69. The third-order valence-corrected chi connectivity index (χ3v) is 6.29. The van der Waals surface area contributed by atoms with Gasteiger partial charge < -0.3 is 21.4 Å². The van der Waals surface area contributed by atoms with Crippen LogP contribution in [-0.4, -0.2) is 42.1 Å². The molecule has 4 aromatic rings. The fourth-order valence-corrected chi connectivity index (χ4v) is 4.37. The molecule has 0 saturated heterocycles. The topological polar surface area (TPSA) is 142 Å². The molecule has 0 radical (unpaired) electrons. The minimum Gasteiger partial charge on any atom is -0.382 e. The molecule has 1 amide bonds. The normalized spacial score (nSPS) is 14.7. The molecule has 0 aliphatic heterocycles. The summed E-state index contributed by atoms with van der Waals surface area (Å²) in [5.41, 5.74) is 15.8. The molecule has 33 heavy (non-hydrogen) atoms. The highest BCUT2D eigenvalue weighted by Gasteiger charge is 2.38. The second-order valence-corrected chi connectivity index (χ2v) is 9.03. The third kappa shape index (κ3) is 3.96. The van der Waals surface area contributed by atoms with Gasteiger partial charge in [-0.1, -0.05) is 13.3 Å². The summed E-state index contributed by atoms with van der Waals surface area (Å²) in [4.78, 5) is 24.5. The van der Waals surface area contributed by atoms with Gasteiger partial charge in [0.15, 0.2) is 11.5 Å². The zero-order valence-corrected chi connectivity index (χ0v) is 19.8. The lowest BCUT2D eigenvalue weighted by Crippen LogP contribution is -2.41. The van der Waals surface area contributed by atoms with Gasteiger partial charge in [0.2, 0.25) is 11.9 Å². The van der Waals surface area contributed by atoms with Crippen molar-refractivity contribution in [3.05, 3.63) is 30.2 Å². The minimum absolute atomic E-state index is 0.0191. The molecule has 5 N–H and O–H groups in total. The number of nitrogens with zero attached hydrogens (tertiary/aromatic N) is 6. The van der Waals surface area contributed by atoms with Crippen molar-refractivity contribution in [2.24, 2.45) is 5.41 Å². The molecule has 1 fully saturated rings. The van der Waals surface area contributed by atoms with Crippen LogP contribution in [0.2, 0.25) is 0 Å². The smallest absolute Gasteiger partial charge is 0.240 e. The lowest BCUT2D eigenvalue weighted by molar-refractivity contribution is -0.133. The molecule has 0 atom stereocenters. The van der Waals surface area contributed by atoms with Gasteiger partial charge in [-0.3, -0.25) is 4.79 Å². The van der Waals surface area contributed by atoms with Crippen LogP contribution >= 0.6 is 0 Å². The number of anilines is 2. The van der Waals surface area contributed by atoms with E-state index in [9.17, 15) is 4.79 Å². The Hall–Kier alpha value is -3.69. The van der Waals surface area contributed by atoms with Gasteiger partial charge in [-0.05, 0) is 51.8 Å². The van der Waals surface area contributed by atoms with Crippen LogP contribution in [-0.2, 0) is 4.79 Å². The molecule has 1 saturated carbocycles. The zero-order chi connectivity index (χ0) is 23.9. The van der Waals surface area contributed by atoms with E-state index in [0.29, 0.717) is 11.3 Å². The van der Waals surface area contributed by atoms with Crippen molar-refractivity contribution in [3.63, 3.8) is 0 Å². The number of rotatable bonds is 3. The molecule has 0 bridgehead atoms. The molecule has 5 rings (SSSR count). The van der Waals surface area contributed by atoms with E-state index >= 15 is 0 Å². The molecule has 10 heteroatoms. The third-order valence-electron chi connectivity index (χ3n) is 6.29. The van der Waals surface area contributed by atoms with Crippen LogP contribution in [0.3, 0.4) is 0 Å². The van der Waals surface area contributed by atoms with E-state index in [1.54, 1.807) is 17.8 Å². The van der Waals surface area contributed by atoms with Gasteiger partial charge in [-0.2, -0.15) is 4.98 Å². The average Bonchev–Trinajstić information content (AvgIpc) is 3.31. The van der Waals surface area contributed by atoms with Gasteiger partial charge in [0, 0.05) is 30.3 Å². The van der Waals surface area contributed by atoms with Gasteiger partial charge in [0.1, 0.15) is 16.9 Å². The first-order chi connectivity index (χ1) is 15.6. The van der Waals surface area contributed by atoms with Crippen molar-refractivity contribution < 1.29 is 4.79 Å². The molecule has 0 unspecified atom stereocenters. The second kappa shape index (κ2) is 8.34. The lowest BCUT2D eigenvalue weighted by atomic mass is 9.70. The summed E-state index contributed by atoms with van der Waals surface area (Å²) in [7, 11) is 1.70. The number of aromatic nitrogens is 6. The number of amides is 1. The fourth-order valence-electron chi connectivity index (χ4n) is 4.37. The molecule has 4 heterocycles. The molecule has 0 spiro atoms. The summed E-state index contributed by atoms with van der Waals surface area (Å²) < 4.78 is 3.75. The Balaban J connectivity index is 0.000000243. The highest BCUT2D eigenvalue weighted by molar-refractivity contribution is 5.88. The minimum atomic E-state index is -0.0191. The summed E-state index contributed by atoms with van der Waals surface area (Å²) in [5.74, 6) is 1.62. The summed E-state index contributed by atoms with van der Waals surface area (Å²) in [6.45, 7) is 8.24. The SMILES string of the molecule is CNC(=O)C1(C)CCC1.Cc1nc2ccc(-c3ccn4nc(N)nc(N)c34)nc2n1C(C)C. The molecule has 4 aromatic heterocycles. The number of fused-ring (bicyclic) bond motifs is 2. The zero-order valence-electron chi connectivity index (χ0n) is 19.8. The first-order valence-electron chi connectivity index (χ1n) is 11.1. The van der Waals surface area contributed by atoms with Crippen molar-refractivity contribution in [2.75, 3.05) is 18.5 Å². The maximum Gasteiger partial charge on any atom is 0.240 e. The van der Waals surface area contributed by atoms with Crippen LogP contribution in [0.25, 0.3) is 27.9 Å². The van der Waals surface area contributed by atoms with Gasteiger partial charge in [0.05, 0.1) is 5.69 Å². The summed E-state index contributed by atoms with van der Waals surface area (Å²) in [6, 6.07) is 6.10. The van der Waals surface area contributed by atoms with Crippen LogP contribution < -0.4 is 16.8 Å². The predicted octanol–water partition coefficient (Wildman–Crippen LogP) is 3.12. The van der Waals surface area contributed by atoms with Crippen LogP contribution in [0.5, 0.6) is 0 Å².